The lowest BCUT2D eigenvalue weighted by Gasteiger charge is -2.07. The van der Waals surface area contributed by atoms with Crippen LogP contribution in [0.4, 0.5) is 0 Å². The van der Waals surface area contributed by atoms with Crippen molar-refractivity contribution in [3.63, 3.8) is 0 Å². The van der Waals surface area contributed by atoms with Gasteiger partial charge in [-0.2, -0.15) is 0 Å². The number of rotatable bonds is 8. The highest BCUT2D eigenvalue weighted by atomic mass is 16.5. The summed E-state index contributed by atoms with van der Waals surface area (Å²) in [6.45, 7) is 3.26. The van der Waals surface area contributed by atoms with E-state index in [-0.39, 0.29) is 5.91 Å². The Morgan fingerprint density at radius 3 is 3.11 bits per heavy atom. The molecular formula is C13H18N4O2. The van der Waals surface area contributed by atoms with E-state index in [0.717, 1.165) is 11.3 Å². The van der Waals surface area contributed by atoms with Crippen molar-refractivity contribution >= 4 is 5.91 Å². The van der Waals surface area contributed by atoms with Gasteiger partial charge in [0.25, 0.3) is 0 Å². The zero-order chi connectivity index (χ0) is 13.9. The Bertz CT molecular complexity index is 456. The molecule has 1 N–H and O–H groups in total. The second kappa shape index (κ2) is 8.83. The summed E-state index contributed by atoms with van der Waals surface area (Å²) in [4.78, 5) is 14.1. The maximum Gasteiger partial charge on any atom is 0.223 e. The molecule has 1 rings (SSSR count). The summed E-state index contributed by atoms with van der Waals surface area (Å²) in [6, 6.07) is 7.70. The molecule has 0 aliphatic rings. The molecule has 1 aromatic carbocycles. The molecule has 19 heavy (non-hydrogen) atoms. The highest BCUT2D eigenvalue weighted by Gasteiger charge is 2.01. The Labute approximate surface area is 112 Å². The number of ether oxygens (including phenoxy) is 1. The van der Waals surface area contributed by atoms with Crippen LogP contribution >= 0.6 is 0 Å². The van der Waals surface area contributed by atoms with Gasteiger partial charge in [0.15, 0.2) is 0 Å². The molecule has 102 valence electrons. The van der Waals surface area contributed by atoms with Crippen molar-refractivity contribution in [1.82, 2.24) is 5.32 Å². The van der Waals surface area contributed by atoms with Crippen molar-refractivity contribution in [3.05, 3.63) is 40.3 Å². The van der Waals surface area contributed by atoms with E-state index in [2.05, 4.69) is 15.3 Å². The zero-order valence-electron chi connectivity index (χ0n) is 11.0. The molecule has 0 radical (unpaired) electrons. The summed E-state index contributed by atoms with van der Waals surface area (Å²) in [7, 11) is 0. The summed E-state index contributed by atoms with van der Waals surface area (Å²) in [5.74, 6) is 0.713. The van der Waals surface area contributed by atoms with Gasteiger partial charge in [0.05, 0.1) is 13.0 Å². The van der Waals surface area contributed by atoms with Gasteiger partial charge in [0.2, 0.25) is 5.91 Å². The second-order valence-electron chi connectivity index (χ2n) is 4.07. The van der Waals surface area contributed by atoms with E-state index < -0.39 is 0 Å². The third kappa shape index (κ3) is 6.95. The Morgan fingerprint density at radius 2 is 2.37 bits per heavy atom. The molecule has 0 spiro atoms. The fourth-order valence-electron chi connectivity index (χ4n) is 1.48. The first-order valence-corrected chi connectivity index (χ1v) is 6.19. The second-order valence-corrected chi connectivity index (χ2v) is 4.07. The third-order valence-electron chi connectivity index (χ3n) is 2.41. The van der Waals surface area contributed by atoms with Crippen LogP contribution in [0.3, 0.4) is 0 Å². The third-order valence-corrected chi connectivity index (χ3v) is 2.41. The summed E-state index contributed by atoms with van der Waals surface area (Å²) >= 11 is 0. The molecule has 1 amide bonds. The smallest absolute Gasteiger partial charge is 0.223 e. The Hall–Kier alpha value is -2.20. The van der Waals surface area contributed by atoms with Crippen LogP contribution in [-0.4, -0.2) is 25.6 Å². The zero-order valence-corrected chi connectivity index (χ0v) is 11.0. The first-order chi connectivity index (χ1) is 9.22. The Kier molecular flexibility index (Phi) is 6.90. The minimum atomic E-state index is -0.0615. The topological polar surface area (TPSA) is 87.1 Å². The van der Waals surface area contributed by atoms with E-state index in [1.54, 1.807) is 0 Å². The van der Waals surface area contributed by atoms with Crippen molar-refractivity contribution < 1.29 is 9.53 Å². The number of hydrogen-bond donors (Lipinski definition) is 1. The van der Waals surface area contributed by atoms with Crippen LogP contribution in [-0.2, 0) is 4.79 Å². The van der Waals surface area contributed by atoms with Gasteiger partial charge >= 0.3 is 0 Å². The normalized spacial score (nSPS) is 9.53. The SMILES string of the molecule is Cc1cccc(OCCC(=O)NCCCN=[N+]=[N-])c1. The van der Waals surface area contributed by atoms with Crippen molar-refractivity contribution in [2.75, 3.05) is 19.7 Å². The van der Waals surface area contributed by atoms with Crippen LogP contribution in [0, 0.1) is 6.92 Å². The summed E-state index contributed by atoms with van der Waals surface area (Å²) in [5, 5.41) is 6.12. The van der Waals surface area contributed by atoms with Crippen molar-refractivity contribution in [1.29, 1.82) is 0 Å². The number of carbonyl (C=O) groups is 1. The molecule has 0 bridgehead atoms. The number of azide groups is 1. The average Bonchev–Trinajstić information content (AvgIpc) is 2.38. The monoisotopic (exact) mass is 262 g/mol. The minimum absolute atomic E-state index is 0.0615. The number of amides is 1. The number of carbonyl (C=O) groups excluding carboxylic acids is 1. The molecule has 0 unspecified atom stereocenters. The molecule has 0 fully saturated rings. The standard InChI is InChI=1S/C13H18N4O2/c1-11-4-2-5-12(10-11)19-9-6-13(18)15-7-3-8-16-17-14/h2,4-5,10H,3,6-9H2,1H3,(H,15,18). The van der Waals surface area contributed by atoms with Crippen LogP contribution in [0.25, 0.3) is 10.4 Å². The summed E-state index contributed by atoms with van der Waals surface area (Å²) in [5.41, 5.74) is 9.20. The maximum absolute atomic E-state index is 11.4. The predicted molar refractivity (Wildman–Crippen MR) is 72.9 cm³/mol. The lowest BCUT2D eigenvalue weighted by atomic mass is 10.2. The Balaban J connectivity index is 2.11. The number of aryl methyl sites for hydroxylation is 1. The molecule has 0 saturated heterocycles. The molecule has 0 saturated carbocycles. The number of benzene rings is 1. The van der Waals surface area contributed by atoms with Gasteiger partial charge in [-0.15, -0.1) is 0 Å². The molecule has 0 aromatic heterocycles. The lowest BCUT2D eigenvalue weighted by Crippen LogP contribution is -2.26. The number of nitrogens with zero attached hydrogens (tertiary/aromatic N) is 3. The van der Waals surface area contributed by atoms with Crippen LogP contribution in [0.1, 0.15) is 18.4 Å². The van der Waals surface area contributed by atoms with Gasteiger partial charge in [0.1, 0.15) is 5.75 Å². The van der Waals surface area contributed by atoms with Gasteiger partial charge < -0.3 is 10.1 Å². The van der Waals surface area contributed by atoms with Crippen molar-refractivity contribution in [3.8, 4) is 5.75 Å². The molecular weight excluding hydrogens is 244 g/mol. The van der Waals surface area contributed by atoms with Crippen molar-refractivity contribution in [2.24, 2.45) is 5.11 Å². The van der Waals surface area contributed by atoms with Gasteiger partial charge in [-0.25, -0.2) is 0 Å². The molecule has 0 atom stereocenters. The molecule has 1 aromatic rings. The van der Waals surface area contributed by atoms with Crippen LogP contribution < -0.4 is 10.1 Å². The van der Waals surface area contributed by atoms with E-state index in [1.165, 1.54) is 0 Å². The van der Waals surface area contributed by atoms with Crippen molar-refractivity contribution in [2.45, 2.75) is 19.8 Å². The number of nitrogens with one attached hydrogen (secondary N) is 1. The van der Waals surface area contributed by atoms with Gasteiger partial charge in [-0.3, -0.25) is 4.79 Å². The summed E-state index contributed by atoms with van der Waals surface area (Å²) in [6.07, 6.45) is 0.962. The van der Waals surface area contributed by atoms with Crippen LogP contribution in [0.15, 0.2) is 29.4 Å². The molecule has 0 aliphatic heterocycles. The highest BCUT2D eigenvalue weighted by molar-refractivity contribution is 5.75. The molecule has 0 aliphatic carbocycles. The maximum atomic E-state index is 11.4. The first kappa shape index (κ1) is 14.9. The minimum Gasteiger partial charge on any atom is -0.493 e. The highest BCUT2D eigenvalue weighted by Crippen LogP contribution is 2.12. The van der Waals surface area contributed by atoms with E-state index in [9.17, 15) is 4.79 Å². The molecule has 6 nitrogen and oxygen atoms in total. The fraction of sp³-hybridized carbons (Fsp3) is 0.462. The van der Waals surface area contributed by atoms with Gasteiger partial charge in [0, 0.05) is 18.0 Å². The van der Waals surface area contributed by atoms with E-state index >= 15 is 0 Å². The Morgan fingerprint density at radius 1 is 1.53 bits per heavy atom. The quantitative estimate of drug-likeness (QED) is 0.338. The number of hydrogen-bond acceptors (Lipinski definition) is 3. The van der Waals surface area contributed by atoms with Crippen LogP contribution in [0.5, 0.6) is 5.75 Å². The average molecular weight is 262 g/mol. The lowest BCUT2D eigenvalue weighted by molar-refractivity contribution is -0.121. The predicted octanol–water partition coefficient (Wildman–Crippen LogP) is 2.58. The van der Waals surface area contributed by atoms with Gasteiger partial charge in [-0.05, 0) is 36.6 Å². The van der Waals surface area contributed by atoms with Gasteiger partial charge in [-0.1, -0.05) is 17.2 Å². The van der Waals surface area contributed by atoms with E-state index in [4.69, 9.17) is 10.3 Å². The first-order valence-electron chi connectivity index (χ1n) is 6.19. The fourth-order valence-corrected chi connectivity index (χ4v) is 1.48. The van der Waals surface area contributed by atoms with Crippen LogP contribution in [0.2, 0.25) is 0 Å². The van der Waals surface area contributed by atoms with E-state index in [0.29, 0.717) is 32.5 Å². The molecule has 6 heteroatoms. The van der Waals surface area contributed by atoms with E-state index in [1.807, 2.05) is 31.2 Å². The molecule has 0 heterocycles. The largest absolute Gasteiger partial charge is 0.493 e. The summed E-state index contributed by atoms with van der Waals surface area (Å²) < 4.78 is 5.47.